The Morgan fingerprint density at radius 2 is 1.48 bits per heavy atom. The summed E-state index contributed by atoms with van der Waals surface area (Å²) in [7, 11) is 0. The van der Waals surface area contributed by atoms with Crippen molar-refractivity contribution in [2.45, 2.75) is 64.6 Å². The number of halogens is 3. The predicted molar refractivity (Wildman–Crippen MR) is 157 cm³/mol. The summed E-state index contributed by atoms with van der Waals surface area (Å²) >= 11 is 0. The van der Waals surface area contributed by atoms with Gasteiger partial charge in [0.15, 0.2) is 24.3 Å². The second-order valence-corrected chi connectivity index (χ2v) is 10.6. The minimum Gasteiger partial charge on any atom is -0.482 e. The molecule has 0 spiro atoms. The van der Waals surface area contributed by atoms with Gasteiger partial charge < -0.3 is 38.1 Å². The fourth-order valence-corrected chi connectivity index (χ4v) is 4.84. The van der Waals surface area contributed by atoms with Gasteiger partial charge in [0.2, 0.25) is 12.4 Å². The Morgan fingerprint density at radius 1 is 0.880 bits per heavy atom. The Labute approximate surface area is 279 Å². The molecule has 1 aliphatic heterocycles. The van der Waals surface area contributed by atoms with Crippen molar-refractivity contribution in [2.75, 3.05) is 13.2 Å². The summed E-state index contributed by atoms with van der Waals surface area (Å²) in [6.45, 7) is 2.86. The number of benzene rings is 2. The lowest BCUT2D eigenvalue weighted by Crippen LogP contribution is -2.63. The Hall–Kier alpha value is -5.79. The van der Waals surface area contributed by atoms with Crippen molar-refractivity contribution in [3.63, 3.8) is 0 Å². The van der Waals surface area contributed by atoms with E-state index in [1.54, 1.807) is 0 Å². The minimum atomic E-state index is -4.84. The zero-order chi connectivity index (χ0) is 36.9. The highest BCUT2D eigenvalue weighted by atomic mass is 19.4. The molecule has 1 aromatic heterocycles. The molecule has 17 nitrogen and oxygen atoms in total. The first-order valence-corrected chi connectivity index (χ1v) is 14.4. The lowest BCUT2D eigenvalue weighted by molar-refractivity contribution is -0.383. The van der Waals surface area contributed by atoms with Crippen LogP contribution in [0.2, 0.25) is 0 Å². The SMILES string of the molecule is CC(=O)OC[C@H]1O[C@@H](OC(=O)COc2ccc(-c3nc4c([N+](=O)[O-])cc(C(F)(F)F)cc4[nH]3)cc2)[C@H](OC(C)=O)[C@@H](OC(C)=O)[C@H]1OC(C)=O. The van der Waals surface area contributed by atoms with Crippen LogP contribution in [-0.4, -0.2) is 88.7 Å². The number of ether oxygens (including phenoxy) is 7. The molecule has 0 amide bonds. The molecule has 2 heterocycles. The molecule has 20 heteroatoms. The van der Waals surface area contributed by atoms with E-state index >= 15 is 0 Å². The Bertz CT molecular complexity index is 1790. The largest absolute Gasteiger partial charge is 0.482 e. The number of aromatic amines is 1. The normalized spacial score (nSPS) is 20.3. The molecule has 0 aliphatic carbocycles. The van der Waals surface area contributed by atoms with Gasteiger partial charge in [-0.2, -0.15) is 13.2 Å². The third kappa shape index (κ3) is 9.21. The smallest absolute Gasteiger partial charge is 0.416 e. The number of imidazole rings is 1. The summed E-state index contributed by atoms with van der Waals surface area (Å²) < 4.78 is 77.0. The standard InChI is InChI=1S/C30H28F3N3O14/c1-13(37)44-11-22-25(46-14(2)38)26(47-15(3)39)27(48-16(4)40)29(49-22)50-23(41)12-45-19-7-5-17(6-8-19)28-34-20-9-18(30(31,32)33)10-21(36(42)43)24(20)35-28/h5-10,22,25-27,29H,11-12H2,1-4H3,(H,34,35)/t22-,25+,26+,27-,29+/m1/s1. The number of non-ortho nitro benzene ring substituents is 1. The van der Waals surface area contributed by atoms with E-state index < -0.39 is 96.1 Å². The van der Waals surface area contributed by atoms with Gasteiger partial charge in [-0.1, -0.05) is 0 Å². The van der Waals surface area contributed by atoms with Gasteiger partial charge in [-0.3, -0.25) is 29.3 Å². The van der Waals surface area contributed by atoms with Crippen molar-refractivity contribution >= 4 is 46.6 Å². The van der Waals surface area contributed by atoms with E-state index in [4.69, 9.17) is 33.2 Å². The maximum absolute atomic E-state index is 13.3. The van der Waals surface area contributed by atoms with Crippen LogP contribution >= 0.6 is 0 Å². The molecule has 3 aromatic rings. The van der Waals surface area contributed by atoms with E-state index in [9.17, 15) is 47.3 Å². The Morgan fingerprint density at radius 3 is 2.04 bits per heavy atom. The summed E-state index contributed by atoms with van der Waals surface area (Å²) in [4.78, 5) is 77.3. The average molecular weight is 712 g/mol. The number of nitrogens with zero attached hydrogens (tertiary/aromatic N) is 2. The summed E-state index contributed by atoms with van der Waals surface area (Å²) in [5.74, 6) is -4.37. The third-order valence-corrected chi connectivity index (χ3v) is 6.77. The monoisotopic (exact) mass is 711 g/mol. The second kappa shape index (κ2) is 15.2. The molecular weight excluding hydrogens is 683 g/mol. The molecule has 4 rings (SSSR count). The van der Waals surface area contributed by atoms with E-state index in [0.29, 0.717) is 17.7 Å². The number of esters is 5. The summed E-state index contributed by atoms with van der Waals surface area (Å²) in [5.41, 5.74) is -2.27. The number of fused-ring (bicyclic) bond motifs is 1. The zero-order valence-corrected chi connectivity index (χ0v) is 26.5. The van der Waals surface area contributed by atoms with Crippen LogP contribution in [0.3, 0.4) is 0 Å². The van der Waals surface area contributed by atoms with Crippen molar-refractivity contribution in [3.05, 3.63) is 52.1 Å². The van der Waals surface area contributed by atoms with Crippen molar-refractivity contribution in [1.29, 1.82) is 0 Å². The van der Waals surface area contributed by atoms with Crippen LogP contribution in [-0.2, 0) is 58.6 Å². The highest BCUT2D eigenvalue weighted by Gasteiger charge is 2.53. The molecule has 0 unspecified atom stereocenters. The van der Waals surface area contributed by atoms with Crippen molar-refractivity contribution in [1.82, 2.24) is 9.97 Å². The van der Waals surface area contributed by atoms with Crippen LogP contribution in [0, 0.1) is 10.1 Å². The number of H-pyrrole nitrogens is 1. The molecule has 1 saturated heterocycles. The molecule has 0 radical (unpaired) electrons. The fourth-order valence-electron chi connectivity index (χ4n) is 4.84. The Kier molecular flexibility index (Phi) is 11.2. The molecule has 2 aromatic carbocycles. The third-order valence-electron chi connectivity index (χ3n) is 6.77. The first-order valence-electron chi connectivity index (χ1n) is 14.4. The summed E-state index contributed by atoms with van der Waals surface area (Å²) in [6.07, 6.45) is -12.6. The first kappa shape index (κ1) is 37.0. The Balaban J connectivity index is 1.50. The molecule has 50 heavy (non-hydrogen) atoms. The number of alkyl halides is 3. The van der Waals surface area contributed by atoms with Gasteiger partial charge >= 0.3 is 36.0 Å². The van der Waals surface area contributed by atoms with Gasteiger partial charge in [-0.05, 0) is 30.3 Å². The number of nitro benzene ring substituents is 1. The van der Waals surface area contributed by atoms with Crippen molar-refractivity contribution in [3.8, 4) is 17.1 Å². The maximum atomic E-state index is 13.3. The van der Waals surface area contributed by atoms with E-state index in [1.807, 2.05) is 0 Å². The molecule has 0 bridgehead atoms. The van der Waals surface area contributed by atoms with E-state index in [1.165, 1.54) is 24.3 Å². The topological polar surface area (TPSA) is 222 Å². The first-order chi connectivity index (χ1) is 23.4. The number of nitro groups is 1. The molecule has 1 aliphatic rings. The highest BCUT2D eigenvalue weighted by molar-refractivity contribution is 5.88. The molecule has 5 atom stereocenters. The van der Waals surface area contributed by atoms with Crippen LogP contribution in [0.4, 0.5) is 18.9 Å². The maximum Gasteiger partial charge on any atom is 0.416 e. The predicted octanol–water partition coefficient (Wildman–Crippen LogP) is 3.16. The van der Waals surface area contributed by atoms with Crippen LogP contribution < -0.4 is 4.74 Å². The lowest BCUT2D eigenvalue weighted by atomic mass is 9.98. The highest BCUT2D eigenvalue weighted by Crippen LogP contribution is 2.37. The number of carbonyl (C=O) groups is 5. The van der Waals surface area contributed by atoms with Gasteiger partial charge in [0.25, 0.3) is 5.69 Å². The number of carbonyl (C=O) groups excluding carboxylic acids is 5. The number of hydrogen-bond donors (Lipinski definition) is 1. The molecule has 1 fully saturated rings. The molecule has 268 valence electrons. The minimum absolute atomic E-state index is 0.0112. The quantitative estimate of drug-likeness (QED) is 0.131. The van der Waals surface area contributed by atoms with E-state index in [-0.39, 0.29) is 22.6 Å². The fraction of sp³-hybridized carbons (Fsp3) is 0.400. The van der Waals surface area contributed by atoms with Crippen molar-refractivity contribution < 1.29 is 75.2 Å². The second-order valence-electron chi connectivity index (χ2n) is 10.6. The van der Waals surface area contributed by atoms with Gasteiger partial charge in [0.1, 0.15) is 24.3 Å². The van der Waals surface area contributed by atoms with Crippen LogP contribution in [0.1, 0.15) is 33.3 Å². The lowest BCUT2D eigenvalue weighted by Gasteiger charge is -2.43. The number of aromatic nitrogens is 2. The van der Waals surface area contributed by atoms with Gasteiger partial charge in [-0.15, -0.1) is 0 Å². The van der Waals surface area contributed by atoms with Crippen LogP contribution in [0.15, 0.2) is 36.4 Å². The molecular formula is C30H28F3N3O14. The number of nitrogens with one attached hydrogen (secondary N) is 1. The van der Waals surface area contributed by atoms with Gasteiger partial charge in [0.05, 0.1) is 16.0 Å². The van der Waals surface area contributed by atoms with Crippen LogP contribution in [0.25, 0.3) is 22.4 Å². The summed E-state index contributed by atoms with van der Waals surface area (Å²) in [6, 6.07) is 6.64. The van der Waals surface area contributed by atoms with Gasteiger partial charge in [-0.25, -0.2) is 9.78 Å². The van der Waals surface area contributed by atoms with E-state index in [2.05, 4.69) is 9.97 Å². The van der Waals surface area contributed by atoms with Gasteiger partial charge in [0, 0.05) is 39.3 Å². The summed E-state index contributed by atoms with van der Waals surface area (Å²) in [5, 5.41) is 11.4. The van der Waals surface area contributed by atoms with E-state index in [0.717, 1.165) is 27.7 Å². The number of hydrogen-bond acceptors (Lipinski definition) is 15. The van der Waals surface area contributed by atoms with Crippen LogP contribution in [0.5, 0.6) is 5.75 Å². The number of rotatable bonds is 11. The zero-order valence-electron chi connectivity index (χ0n) is 26.5. The average Bonchev–Trinajstić information content (AvgIpc) is 3.45. The molecule has 0 saturated carbocycles. The van der Waals surface area contributed by atoms with Crippen molar-refractivity contribution in [2.24, 2.45) is 0 Å². The molecule has 1 N–H and O–H groups in total.